The Kier molecular flexibility index (Phi) is 6.53. The Labute approximate surface area is 139 Å². The third-order valence-electron chi connectivity index (χ3n) is 4.24. The Bertz CT molecular complexity index is 537. The van der Waals surface area contributed by atoms with E-state index in [1.807, 2.05) is 6.07 Å². The minimum Gasteiger partial charge on any atom is -0.467 e. The Morgan fingerprint density at radius 2 is 1.74 bits per heavy atom. The third-order valence-corrected chi connectivity index (χ3v) is 8.74. The molecule has 0 saturated heterocycles. The van der Waals surface area contributed by atoms with Gasteiger partial charge in [-0.05, 0) is 30.3 Å². The van der Waals surface area contributed by atoms with Crippen molar-refractivity contribution in [3.63, 3.8) is 0 Å². The van der Waals surface area contributed by atoms with Crippen LogP contribution in [0.25, 0.3) is 0 Å². The number of ether oxygens (including phenoxy) is 1. The van der Waals surface area contributed by atoms with E-state index < -0.39 is 20.3 Å². The number of carbonyl (C=O) groups excluding carboxylic acids is 2. The van der Waals surface area contributed by atoms with Crippen molar-refractivity contribution in [2.75, 3.05) is 13.7 Å². The Morgan fingerprint density at radius 1 is 1.17 bits per heavy atom. The van der Waals surface area contributed by atoms with Gasteiger partial charge in [0.05, 0.1) is 13.7 Å². The molecule has 1 atom stereocenters. The number of nitrogens with one attached hydrogen (secondary N) is 1. The molecule has 5 nitrogen and oxygen atoms in total. The van der Waals surface area contributed by atoms with E-state index in [9.17, 15) is 9.59 Å². The van der Waals surface area contributed by atoms with E-state index in [0.717, 1.165) is 0 Å². The predicted octanol–water partition coefficient (Wildman–Crippen LogP) is 2.98. The summed E-state index contributed by atoms with van der Waals surface area (Å²) in [5, 5.41) is 2.72. The average Bonchev–Trinajstić information content (AvgIpc) is 2.50. The van der Waals surface area contributed by atoms with E-state index in [2.05, 4.69) is 39.2 Å². The highest BCUT2D eigenvalue weighted by Crippen LogP contribution is 2.36. The van der Waals surface area contributed by atoms with E-state index >= 15 is 0 Å². The van der Waals surface area contributed by atoms with Gasteiger partial charge in [-0.1, -0.05) is 39.0 Å². The van der Waals surface area contributed by atoms with Crippen LogP contribution in [0.4, 0.5) is 0 Å². The van der Waals surface area contributed by atoms with E-state index in [1.54, 1.807) is 24.3 Å². The minimum absolute atomic E-state index is 0.0249. The van der Waals surface area contributed by atoms with Crippen LogP contribution in [0, 0.1) is 0 Å². The molecule has 128 valence electrons. The molecule has 1 amide bonds. The summed E-state index contributed by atoms with van der Waals surface area (Å²) in [6.45, 7) is 10.7. The van der Waals surface area contributed by atoms with Gasteiger partial charge >= 0.3 is 5.97 Å². The third kappa shape index (κ3) is 5.48. The van der Waals surface area contributed by atoms with E-state index in [4.69, 9.17) is 9.16 Å². The SMILES string of the molecule is COC(=O)[C@H](CO[Si](C)(C)C(C)(C)C)NC(=O)c1ccccc1. The summed E-state index contributed by atoms with van der Waals surface area (Å²) in [7, 11) is -0.714. The molecular weight excluding hydrogens is 310 g/mol. The molecule has 0 aliphatic carbocycles. The first kappa shape index (κ1) is 19.4. The Hall–Kier alpha value is -1.66. The van der Waals surface area contributed by atoms with Gasteiger partial charge in [-0.2, -0.15) is 0 Å². The van der Waals surface area contributed by atoms with Crippen LogP contribution in [-0.4, -0.2) is 40.0 Å². The van der Waals surface area contributed by atoms with Gasteiger partial charge in [-0.3, -0.25) is 4.79 Å². The summed E-state index contributed by atoms with van der Waals surface area (Å²) in [5.41, 5.74) is 0.494. The fourth-order valence-electron chi connectivity index (χ4n) is 1.65. The molecule has 0 bridgehead atoms. The highest BCUT2D eigenvalue weighted by Gasteiger charge is 2.38. The largest absolute Gasteiger partial charge is 0.467 e. The number of esters is 1. The topological polar surface area (TPSA) is 64.6 Å². The molecule has 0 aromatic heterocycles. The first-order valence-electron chi connectivity index (χ1n) is 7.66. The summed E-state index contributed by atoms with van der Waals surface area (Å²) in [6.07, 6.45) is 0. The van der Waals surface area contributed by atoms with Gasteiger partial charge in [0.1, 0.15) is 6.04 Å². The number of carbonyl (C=O) groups is 2. The van der Waals surface area contributed by atoms with Crippen LogP contribution >= 0.6 is 0 Å². The second-order valence-corrected chi connectivity index (χ2v) is 11.8. The summed E-state index contributed by atoms with van der Waals surface area (Å²) in [4.78, 5) is 24.2. The molecule has 0 fully saturated rings. The van der Waals surface area contributed by atoms with Crippen molar-refractivity contribution >= 4 is 20.2 Å². The summed E-state index contributed by atoms with van der Waals surface area (Å²) in [5.74, 6) is -0.826. The van der Waals surface area contributed by atoms with Gasteiger partial charge in [-0.15, -0.1) is 0 Å². The molecule has 0 aliphatic heterocycles. The van der Waals surface area contributed by atoms with E-state index in [-0.39, 0.29) is 17.6 Å². The maximum atomic E-state index is 12.2. The molecule has 1 rings (SSSR count). The van der Waals surface area contributed by atoms with Crippen molar-refractivity contribution in [2.24, 2.45) is 0 Å². The van der Waals surface area contributed by atoms with Crippen molar-refractivity contribution < 1.29 is 18.8 Å². The Morgan fingerprint density at radius 3 is 2.22 bits per heavy atom. The van der Waals surface area contributed by atoms with Gasteiger partial charge in [0.15, 0.2) is 8.32 Å². The lowest BCUT2D eigenvalue weighted by molar-refractivity contribution is -0.143. The first-order valence-corrected chi connectivity index (χ1v) is 10.6. The zero-order valence-electron chi connectivity index (χ0n) is 14.8. The van der Waals surface area contributed by atoms with Crippen molar-refractivity contribution in [1.82, 2.24) is 5.32 Å². The molecule has 1 N–H and O–H groups in total. The smallest absolute Gasteiger partial charge is 0.330 e. The molecule has 1 aromatic rings. The number of rotatable bonds is 6. The molecule has 0 radical (unpaired) electrons. The van der Waals surface area contributed by atoms with Crippen molar-refractivity contribution in [1.29, 1.82) is 0 Å². The first-order chi connectivity index (χ1) is 10.6. The van der Waals surface area contributed by atoms with Crippen LogP contribution in [-0.2, 0) is 14.0 Å². The summed E-state index contributed by atoms with van der Waals surface area (Å²) in [6, 6.07) is 7.94. The van der Waals surface area contributed by atoms with Gasteiger partial charge in [0.2, 0.25) is 0 Å². The lowest BCUT2D eigenvalue weighted by Crippen LogP contribution is -2.49. The van der Waals surface area contributed by atoms with Crippen molar-refractivity contribution in [3.05, 3.63) is 35.9 Å². The van der Waals surface area contributed by atoms with Gasteiger partial charge < -0.3 is 14.5 Å². The van der Waals surface area contributed by atoms with Crippen molar-refractivity contribution in [3.8, 4) is 0 Å². The van der Waals surface area contributed by atoms with Crippen LogP contribution in [0.3, 0.4) is 0 Å². The quantitative estimate of drug-likeness (QED) is 0.640. The zero-order valence-corrected chi connectivity index (χ0v) is 15.8. The minimum atomic E-state index is -2.02. The van der Waals surface area contributed by atoms with Gasteiger partial charge in [0.25, 0.3) is 5.91 Å². The van der Waals surface area contributed by atoms with Crippen LogP contribution in [0.5, 0.6) is 0 Å². The predicted molar refractivity (Wildman–Crippen MR) is 92.9 cm³/mol. The van der Waals surface area contributed by atoms with Crippen LogP contribution in [0.15, 0.2) is 30.3 Å². The lowest BCUT2D eigenvalue weighted by atomic mass is 10.2. The monoisotopic (exact) mass is 337 g/mol. The van der Waals surface area contributed by atoms with Crippen LogP contribution in [0.1, 0.15) is 31.1 Å². The molecule has 0 saturated carbocycles. The summed E-state index contributed by atoms with van der Waals surface area (Å²) < 4.78 is 10.8. The highest BCUT2D eigenvalue weighted by molar-refractivity contribution is 6.74. The standard InChI is InChI=1S/C17H27NO4Si/c1-17(2,3)23(5,6)22-12-14(16(20)21-4)18-15(19)13-10-8-7-9-11-13/h7-11,14H,12H2,1-6H3,(H,18,19)/t14-/m0/s1. The van der Waals surface area contributed by atoms with Gasteiger partial charge in [0, 0.05) is 5.56 Å². The lowest BCUT2D eigenvalue weighted by Gasteiger charge is -2.37. The molecule has 23 heavy (non-hydrogen) atoms. The van der Waals surface area contributed by atoms with Crippen LogP contribution < -0.4 is 5.32 Å². The Balaban J connectivity index is 2.78. The second kappa shape index (κ2) is 7.74. The molecule has 0 unspecified atom stereocenters. The average molecular weight is 337 g/mol. The van der Waals surface area contributed by atoms with E-state index in [0.29, 0.717) is 5.56 Å². The molecule has 6 heteroatoms. The second-order valence-electron chi connectivity index (χ2n) is 6.99. The maximum Gasteiger partial charge on any atom is 0.330 e. The number of hydrogen-bond acceptors (Lipinski definition) is 4. The fourth-order valence-corrected chi connectivity index (χ4v) is 2.67. The summed E-state index contributed by atoms with van der Waals surface area (Å²) >= 11 is 0. The normalized spacial score (nSPS) is 13.3. The highest BCUT2D eigenvalue weighted by atomic mass is 28.4. The maximum absolute atomic E-state index is 12.2. The van der Waals surface area contributed by atoms with E-state index in [1.165, 1.54) is 7.11 Å². The number of benzene rings is 1. The molecule has 1 aromatic carbocycles. The number of methoxy groups -OCH3 is 1. The van der Waals surface area contributed by atoms with Gasteiger partial charge in [-0.25, -0.2) is 4.79 Å². The van der Waals surface area contributed by atoms with Crippen molar-refractivity contribution in [2.45, 2.75) is 44.9 Å². The molecule has 0 heterocycles. The number of amides is 1. The molecule has 0 aliphatic rings. The number of hydrogen-bond donors (Lipinski definition) is 1. The van der Waals surface area contributed by atoms with Crippen LogP contribution in [0.2, 0.25) is 18.1 Å². The molecular formula is C17H27NO4Si. The molecule has 0 spiro atoms. The zero-order chi connectivity index (χ0) is 17.7. The fraction of sp³-hybridized carbons (Fsp3) is 0.529.